The van der Waals surface area contributed by atoms with Crippen LogP contribution in [0.5, 0.6) is 0 Å². The number of rotatable bonds is 62. The monoisotopic (exact) mass is 1150 g/mol. The summed E-state index contributed by atoms with van der Waals surface area (Å²) in [5.74, 6) is -0.178. The van der Waals surface area contributed by atoms with Gasteiger partial charge < -0.3 is 45.1 Å². The van der Waals surface area contributed by atoms with E-state index in [2.05, 4.69) is 31.3 Å². The van der Waals surface area contributed by atoms with Crippen LogP contribution in [0.3, 0.4) is 0 Å². The molecule has 7 unspecified atom stereocenters. The number of allylic oxidation sites excluding steroid dienone is 3. The van der Waals surface area contributed by atoms with Crippen LogP contribution in [0.2, 0.25) is 0 Å². The van der Waals surface area contributed by atoms with E-state index in [1.165, 1.54) is 263 Å². The molecule has 1 rings (SSSR count). The van der Waals surface area contributed by atoms with E-state index in [0.29, 0.717) is 19.4 Å². The molecule has 1 amide bonds. The van der Waals surface area contributed by atoms with Crippen molar-refractivity contribution in [3.05, 3.63) is 24.3 Å². The number of ether oxygens (including phenoxy) is 3. The van der Waals surface area contributed by atoms with E-state index in [1.54, 1.807) is 6.08 Å². The molecule has 11 heteroatoms. The lowest BCUT2D eigenvalue weighted by Crippen LogP contribution is -2.60. The van der Waals surface area contributed by atoms with Crippen LogP contribution >= 0.6 is 0 Å². The third-order valence-electron chi connectivity index (χ3n) is 16.8. The van der Waals surface area contributed by atoms with Gasteiger partial charge in [-0.15, -0.1) is 0 Å². The summed E-state index contributed by atoms with van der Waals surface area (Å²) >= 11 is 0. The van der Waals surface area contributed by atoms with E-state index in [0.717, 1.165) is 57.8 Å². The molecule has 1 heterocycles. The van der Waals surface area contributed by atoms with E-state index in [9.17, 15) is 35.1 Å². The van der Waals surface area contributed by atoms with Crippen molar-refractivity contribution in [3.63, 3.8) is 0 Å². The van der Waals surface area contributed by atoms with Crippen LogP contribution in [0, 0.1) is 0 Å². The van der Waals surface area contributed by atoms with Gasteiger partial charge >= 0.3 is 5.97 Å². The topological polar surface area (TPSA) is 175 Å². The van der Waals surface area contributed by atoms with E-state index in [1.807, 2.05) is 6.08 Å². The SMILES string of the molecule is CCCCCCCCCCC/C=C/CC/C=C/C(O)C(COC1OC(CO)C(O)C(O)C1O)NC(=O)CCCCCCCCCCCCCCCCCCCCCCCCCCCCCOC(=O)CCCCCCCCCCCCC. The highest BCUT2D eigenvalue weighted by Crippen LogP contribution is 2.23. The molecule has 0 bridgehead atoms. The zero-order valence-electron chi connectivity index (χ0n) is 53.0. The van der Waals surface area contributed by atoms with Crippen molar-refractivity contribution in [1.29, 1.82) is 0 Å². The molecular weight excluding hydrogens is 1010 g/mol. The van der Waals surface area contributed by atoms with Crippen molar-refractivity contribution in [3.8, 4) is 0 Å². The molecule has 0 saturated carbocycles. The smallest absolute Gasteiger partial charge is 0.305 e. The molecule has 1 aliphatic heterocycles. The van der Waals surface area contributed by atoms with E-state index < -0.39 is 49.5 Å². The van der Waals surface area contributed by atoms with Crippen molar-refractivity contribution < 1.29 is 49.3 Å². The van der Waals surface area contributed by atoms with Gasteiger partial charge in [-0.05, 0) is 44.9 Å². The van der Waals surface area contributed by atoms with Gasteiger partial charge in [0.1, 0.15) is 24.4 Å². The first-order valence-electron chi connectivity index (χ1n) is 35.1. The summed E-state index contributed by atoms with van der Waals surface area (Å²) in [6.45, 7) is 4.36. The quantitative estimate of drug-likeness (QED) is 0.0195. The lowest BCUT2D eigenvalue weighted by molar-refractivity contribution is -0.302. The normalized spacial score (nSPS) is 18.3. The standard InChI is InChI=1S/C70H133NO10/c1-3-5-7-9-11-13-15-16-30-33-37-40-44-48-52-56-63(73)62(61-80-70-69(78)68(77)67(76)64(60-72)81-70)71-65(74)57-53-49-45-41-38-34-31-28-26-24-22-20-18-17-19-21-23-25-27-29-32-35-39-43-47-51-55-59-79-66(75)58-54-50-46-42-36-14-12-10-8-6-4-2/h37,40,52,56,62-64,67-70,72-73,76-78H,3-36,38-39,41-51,53-55,57-61H2,1-2H3,(H,71,74)/b40-37+,56-52+. The van der Waals surface area contributed by atoms with Crippen LogP contribution in [-0.4, -0.2) is 100 Å². The van der Waals surface area contributed by atoms with E-state index >= 15 is 0 Å². The molecule has 0 radical (unpaired) electrons. The maximum absolute atomic E-state index is 13.1. The van der Waals surface area contributed by atoms with Gasteiger partial charge in [0, 0.05) is 12.8 Å². The number of unbranched alkanes of at least 4 members (excludes halogenated alkanes) is 46. The molecule has 0 aromatic heterocycles. The molecule has 1 saturated heterocycles. The fraction of sp³-hybridized carbons (Fsp3) is 0.914. The molecule has 7 atom stereocenters. The van der Waals surface area contributed by atoms with Crippen LogP contribution in [0.1, 0.15) is 348 Å². The summed E-state index contributed by atoms with van der Waals surface area (Å²) < 4.78 is 16.7. The Morgan fingerprint density at radius 3 is 1.22 bits per heavy atom. The Bertz CT molecular complexity index is 1390. The molecular formula is C70H133NO10. The van der Waals surface area contributed by atoms with Crippen LogP contribution in [-0.2, 0) is 23.8 Å². The Labute approximate surface area is 499 Å². The molecule has 11 nitrogen and oxygen atoms in total. The van der Waals surface area contributed by atoms with Crippen molar-refractivity contribution >= 4 is 11.9 Å². The first-order valence-corrected chi connectivity index (χ1v) is 35.1. The second-order valence-corrected chi connectivity index (χ2v) is 24.6. The molecule has 0 aromatic rings. The summed E-state index contributed by atoms with van der Waals surface area (Å²) in [7, 11) is 0. The minimum absolute atomic E-state index is 0.00847. The van der Waals surface area contributed by atoms with Crippen LogP contribution < -0.4 is 5.32 Å². The van der Waals surface area contributed by atoms with Crippen molar-refractivity contribution in [1.82, 2.24) is 5.32 Å². The minimum Gasteiger partial charge on any atom is -0.466 e. The average Bonchev–Trinajstić information content (AvgIpc) is 3.50. The molecule has 81 heavy (non-hydrogen) atoms. The lowest BCUT2D eigenvalue weighted by Gasteiger charge is -2.40. The van der Waals surface area contributed by atoms with Crippen LogP contribution in [0.4, 0.5) is 0 Å². The maximum Gasteiger partial charge on any atom is 0.305 e. The molecule has 0 aromatic carbocycles. The van der Waals surface area contributed by atoms with Crippen LogP contribution in [0.15, 0.2) is 24.3 Å². The van der Waals surface area contributed by atoms with Crippen LogP contribution in [0.25, 0.3) is 0 Å². The third-order valence-corrected chi connectivity index (χ3v) is 16.8. The number of carbonyl (C=O) groups is 2. The van der Waals surface area contributed by atoms with Crippen molar-refractivity contribution in [2.24, 2.45) is 0 Å². The van der Waals surface area contributed by atoms with Gasteiger partial charge in [-0.3, -0.25) is 9.59 Å². The summed E-state index contributed by atoms with van der Waals surface area (Å²) in [6, 6.07) is -0.825. The number of carbonyl (C=O) groups excluding carboxylic acids is 2. The second-order valence-electron chi connectivity index (χ2n) is 24.6. The van der Waals surface area contributed by atoms with E-state index in [-0.39, 0.29) is 18.5 Å². The third kappa shape index (κ3) is 49.0. The van der Waals surface area contributed by atoms with Gasteiger partial charge in [0.2, 0.25) is 5.91 Å². The Kier molecular flexibility index (Phi) is 57.0. The summed E-state index contributed by atoms with van der Waals surface area (Å²) in [4.78, 5) is 25.1. The number of amides is 1. The molecule has 1 fully saturated rings. The zero-order valence-corrected chi connectivity index (χ0v) is 53.0. The number of hydrogen-bond acceptors (Lipinski definition) is 10. The highest BCUT2D eigenvalue weighted by molar-refractivity contribution is 5.76. The Morgan fingerprint density at radius 2 is 0.802 bits per heavy atom. The predicted octanol–water partition coefficient (Wildman–Crippen LogP) is 17.6. The van der Waals surface area contributed by atoms with Gasteiger partial charge in [-0.2, -0.15) is 0 Å². The number of aliphatic hydroxyl groups is 5. The summed E-state index contributed by atoms with van der Waals surface area (Å²) in [6.07, 6.45) is 64.4. The number of aliphatic hydroxyl groups excluding tert-OH is 5. The number of esters is 1. The molecule has 478 valence electrons. The first-order chi connectivity index (χ1) is 39.7. The highest BCUT2D eigenvalue weighted by Gasteiger charge is 2.44. The summed E-state index contributed by atoms with van der Waals surface area (Å²) in [5.41, 5.74) is 0. The van der Waals surface area contributed by atoms with Crippen molar-refractivity contribution in [2.45, 2.75) is 391 Å². The molecule has 0 aliphatic carbocycles. The Hall–Kier alpha value is -1.86. The van der Waals surface area contributed by atoms with Gasteiger partial charge in [0.05, 0.1) is 32.0 Å². The van der Waals surface area contributed by atoms with Gasteiger partial charge in [-0.25, -0.2) is 0 Å². The summed E-state index contributed by atoms with van der Waals surface area (Å²) in [5, 5.41) is 54.5. The highest BCUT2D eigenvalue weighted by atomic mass is 16.7. The largest absolute Gasteiger partial charge is 0.466 e. The first kappa shape index (κ1) is 77.2. The average molecular weight is 1150 g/mol. The fourth-order valence-electron chi connectivity index (χ4n) is 11.3. The van der Waals surface area contributed by atoms with Gasteiger partial charge in [-0.1, -0.05) is 314 Å². The van der Waals surface area contributed by atoms with Crippen molar-refractivity contribution in [2.75, 3.05) is 19.8 Å². The second kappa shape index (κ2) is 59.9. The predicted molar refractivity (Wildman–Crippen MR) is 338 cm³/mol. The minimum atomic E-state index is -1.58. The Morgan fingerprint density at radius 1 is 0.444 bits per heavy atom. The van der Waals surface area contributed by atoms with E-state index in [4.69, 9.17) is 14.2 Å². The lowest BCUT2D eigenvalue weighted by atomic mass is 9.99. The molecule has 1 aliphatic rings. The van der Waals surface area contributed by atoms with Gasteiger partial charge in [0.25, 0.3) is 0 Å². The number of hydrogen-bond donors (Lipinski definition) is 6. The fourth-order valence-corrected chi connectivity index (χ4v) is 11.3. The molecule has 0 spiro atoms. The Balaban J connectivity index is 2.00. The number of nitrogens with one attached hydrogen (secondary N) is 1. The molecule has 6 N–H and O–H groups in total. The van der Waals surface area contributed by atoms with Gasteiger partial charge in [0.15, 0.2) is 6.29 Å². The zero-order chi connectivity index (χ0) is 58.7. The maximum atomic E-state index is 13.1.